The van der Waals surface area contributed by atoms with E-state index in [0.29, 0.717) is 11.4 Å². The van der Waals surface area contributed by atoms with Gasteiger partial charge in [0.15, 0.2) is 0 Å². The zero-order chi connectivity index (χ0) is 13.5. The van der Waals surface area contributed by atoms with Gasteiger partial charge in [-0.3, -0.25) is 0 Å². The molecule has 3 heterocycles. The standard InChI is InChI=1S/C17H12N2O/c1-11-4-2-5-12(10-11)15-8-7-14-13-6-3-9-18-16(13)20-17(14)19-15/h2-10H,1H3. The van der Waals surface area contributed by atoms with Crippen LogP contribution in [0.25, 0.3) is 33.5 Å². The van der Waals surface area contributed by atoms with E-state index in [9.17, 15) is 0 Å². The molecule has 0 saturated heterocycles. The molecule has 1 aromatic carbocycles. The molecule has 0 fully saturated rings. The molecule has 0 aliphatic carbocycles. The predicted octanol–water partition coefficient (Wildman–Crippen LogP) is 4.35. The average Bonchev–Trinajstić information content (AvgIpc) is 2.85. The largest absolute Gasteiger partial charge is 0.419 e. The second kappa shape index (κ2) is 4.17. The van der Waals surface area contributed by atoms with Gasteiger partial charge < -0.3 is 4.42 Å². The highest BCUT2D eigenvalue weighted by atomic mass is 16.3. The second-order valence-electron chi connectivity index (χ2n) is 4.88. The quantitative estimate of drug-likeness (QED) is 0.510. The van der Waals surface area contributed by atoms with Crippen molar-refractivity contribution in [3.05, 3.63) is 60.3 Å². The predicted molar refractivity (Wildman–Crippen MR) is 79.5 cm³/mol. The topological polar surface area (TPSA) is 38.9 Å². The Bertz CT molecular complexity index is 924. The van der Waals surface area contributed by atoms with E-state index in [2.05, 4.69) is 35.1 Å². The van der Waals surface area contributed by atoms with E-state index < -0.39 is 0 Å². The number of nitrogens with zero attached hydrogens (tertiary/aromatic N) is 2. The number of hydrogen-bond donors (Lipinski definition) is 0. The van der Waals surface area contributed by atoms with Gasteiger partial charge in [-0.1, -0.05) is 23.8 Å². The fraction of sp³-hybridized carbons (Fsp3) is 0.0588. The molecule has 0 aliphatic heterocycles. The first-order chi connectivity index (χ1) is 9.81. The summed E-state index contributed by atoms with van der Waals surface area (Å²) in [6.45, 7) is 2.08. The summed E-state index contributed by atoms with van der Waals surface area (Å²) >= 11 is 0. The molecule has 20 heavy (non-hydrogen) atoms. The molecule has 0 bridgehead atoms. The van der Waals surface area contributed by atoms with Crippen LogP contribution in [0.2, 0.25) is 0 Å². The van der Waals surface area contributed by atoms with Crippen molar-refractivity contribution < 1.29 is 4.42 Å². The summed E-state index contributed by atoms with van der Waals surface area (Å²) in [6.07, 6.45) is 1.73. The van der Waals surface area contributed by atoms with E-state index in [4.69, 9.17) is 4.42 Å². The Morgan fingerprint density at radius 2 is 1.80 bits per heavy atom. The SMILES string of the molecule is Cc1cccc(-c2ccc3c(n2)oc2ncccc23)c1. The average molecular weight is 260 g/mol. The minimum Gasteiger partial charge on any atom is -0.419 e. The van der Waals surface area contributed by atoms with Gasteiger partial charge in [0.05, 0.1) is 5.69 Å². The first kappa shape index (κ1) is 11.2. The van der Waals surface area contributed by atoms with Crippen LogP contribution < -0.4 is 0 Å². The summed E-state index contributed by atoms with van der Waals surface area (Å²) in [5.74, 6) is 0. The molecule has 0 radical (unpaired) electrons. The molecule has 3 aromatic heterocycles. The van der Waals surface area contributed by atoms with Crippen LogP contribution in [0.3, 0.4) is 0 Å². The normalized spacial score (nSPS) is 11.2. The Labute approximate surface area is 115 Å². The lowest BCUT2D eigenvalue weighted by Gasteiger charge is -2.01. The molecular formula is C17H12N2O. The molecule has 0 amide bonds. The zero-order valence-corrected chi connectivity index (χ0v) is 11.0. The van der Waals surface area contributed by atoms with E-state index in [1.807, 2.05) is 30.3 Å². The third-order valence-electron chi connectivity index (χ3n) is 3.43. The van der Waals surface area contributed by atoms with Gasteiger partial charge in [0.25, 0.3) is 0 Å². The van der Waals surface area contributed by atoms with Crippen molar-refractivity contribution >= 4 is 22.2 Å². The molecule has 0 atom stereocenters. The van der Waals surface area contributed by atoms with Crippen molar-refractivity contribution in [2.24, 2.45) is 0 Å². The number of pyridine rings is 2. The monoisotopic (exact) mass is 260 g/mol. The van der Waals surface area contributed by atoms with Crippen LogP contribution in [-0.2, 0) is 0 Å². The van der Waals surface area contributed by atoms with Crippen molar-refractivity contribution in [2.45, 2.75) is 6.92 Å². The maximum absolute atomic E-state index is 5.72. The summed E-state index contributed by atoms with van der Waals surface area (Å²) in [5.41, 5.74) is 4.50. The van der Waals surface area contributed by atoms with Crippen molar-refractivity contribution in [3.8, 4) is 11.3 Å². The number of hydrogen-bond acceptors (Lipinski definition) is 3. The number of fused-ring (bicyclic) bond motifs is 3. The number of aromatic nitrogens is 2. The van der Waals surface area contributed by atoms with Gasteiger partial charge >= 0.3 is 0 Å². The Kier molecular flexibility index (Phi) is 2.33. The summed E-state index contributed by atoms with van der Waals surface area (Å²) in [5, 5.41) is 2.01. The van der Waals surface area contributed by atoms with Gasteiger partial charge in [-0.05, 0) is 37.3 Å². The molecule has 0 aliphatic rings. The zero-order valence-electron chi connectivity index (χ0n) is 11.0. The van der Waals surface area contributed by atoms with E-state index in [1.165, 1.54) is 5.56 Å². The summed E-state index contributed by atoms with van der Waals surface area (Å²) < 4.78 is 5.72. The van der Waals surface area contributed by atoms with Crippen molar-refractivity contribution in [1.82, 2.24) is 9.97 Å². The van der Waals surface area contributed by atoms with E-state index in [0.717, 1.165) is 22.0 Å². The Balaban J connectivity index is 1.97. The van der Waals surface area contributed by atoms with E-state index in [1.54, 1.807) is 6.20 Å². The van der Waals surface area contributed by atoms with Crippen LogP contribution in [0.15, 0.2) is 59.1 Å². The van der Waals surface area contributed by atoms with Gasteiger partial charge in [0.2, 0.25) is 11.4 Å². The summed E-state index contributed by atoms with van der Waals surface area (Å²) in [4.78, 5) is 8.85. The maximum atomic E-state index is 5.72. The highest BCUT2D eigenvalue weighted by molar-refractivity contribution is 6.02. The Hall–Kier alpha value is -2.68. The third kappa shape index (κ3) is 1.67. The van der Waals surface area contributed by atoms with Crippen LogP contribution in [0.5, 0.6) is 0 Å². The van der Waals surface area contributed by atoms with Gasteiger partial charge in [-0.25, -0.2) is 9.97 Å². The van der Waals surface area contributed by atoms with Gasteiger partial charge in [-0.2, -0.15) is 0 Å². The fourth-order valence-electron chi connectivity index (χ4n) is 2.46. The molecule has 0 unspecified atom stereocenters. The van der Waals surface area contributed by atoms with Crippen molar-refractivity contribution in [3.63, 3.8) is 0 Å². The maximum Gasteiger partial charge on any atom is 0.230 e. The number of benzene rings is 1. The lowest BCUT2D eigenvalue weighted by atomic mass is 10.1. The Morgan fingerprint density at radius 1 is 0.900 bits per heavy atom. The smallest absolute Gasteiger partial charge is 0.230 e. The van der Waals surface area contributed by atoms with Crippen LogP contribution >= 0.6 is 0 Å². The van der Waals surface area contributed by atoms with Crippen molar-refractivity contribution in [1.29, 1.82) is 0 Å². The van der Waals surface area contributed by atoms with Gasteiger partial charge in [0.1, 0.15) is 0 Å². The van der Waals surface area contributed by atoms with Crippen LogP contribution in [-0.4, -0.2) is 9.97 Å². The molecule has 3 nitrogen and oxygen atoms in total. The summed E-state index contributed by atoms with van der Waals surface area (Å²) in [7, 11) is 0. The number of furan rings is 1. The molecule has 0 spiro atoms. The molecule has 96 valence electrons. The molecular weight excluding hydrogens is 248 g/mol. The fourth-order valence-corrected chi connectivity index (χ4v) is 2.46. The van der Waals surface area contributed by atoms with E-state index >= 15 is 0 Å². The number of rotatable bonds is 1. The van der Waals surface area contributed by atoms with Gasteiger partial charge in [-0.15, -0.1) is 0 Å². The van der Waals surface area contributed by atoms with E-state index in [-0.39, 0.29) is 0 Å². The lowest BCUT2D eigenvalue weighted by Crippen LogP contribution is -1.84. The van der Waals surface area contributed by atoms with Crippen LogP contribution in [0, 0.1) is 6.92 Å². The minimum atomic E-state index is 0.636. The molecule has 0 saturated carbocycles. The lowest BCUT2D eigenvalue weighted by molar-refractivity contribution is 0.641. The molecule has 3 heteroatoms. The third-order valence-corrected chi connectivity index (χ3v) is 3.43. The second-order valence-corrected chi connectivity index (χ2v) is 4.88. The molecule has 0 N–H and O–H groups in total. The first-order valence-electron chi connectivity index (χ1n) is 6.52. The highest BCUT2D eigenvalue weighted by Gasteiger charge is 2.09. The number of aryl methyl sites for hydroxylation is 1. The molecule has 4 rings (SSSR count). The van der Waals surface area contributed by atoms with Crippen LogP contribution in [0.1, 0.15) is 5.56 Å². The Morgan fingerprint density at radius 3 is 2.70 bits per heavy atom. The molecule has 4 aromatic rings. The minimum absolute atomic E-state index is 0.636. The van der Waals surface area contributed by atoms with Crippen molar-refractivity contribution in [2.75, 3.05) is 0 Å². The summed E-state index contributed by atoms with van der Waals surface area (Å²) in [6, 6.07) is 16.3. The van der Waals surface area contributed by atoms with Crippen LogP contribution in [0.4, 0.5) is 0 Å². The first-order valence-corrected chi connectivity index (χ1v) is 6.52. The van der Waals surface area contributed by atoms with Gasteiger partial charge in [0, 0.05) is 22.5 Å². The highest BCUT2D eigenvalue weighted by Crippen LogP contribution is 2.28.